The first-order valence-corrected chi connectivity index (χ1v) is 5.43. The molecular weight excluding hydrogens is 283 g/mol. The Morgan fingerprint density at radius 2 is 2.05 bits per heavy atom. The van der Waals surface area contributed by atoms with Crippen molar-refractivity contribution in [3.05, 3.63) is 11.4 Å². The number of hydrogen-bond acceptors (Lipinski definition) is 5. The molecule has 8 nitrogen and oxygen atoms in total. The molecule has 1 rings (SSSR count). The van der Waals surface area contributed by atoms with Crippen molar-refractivity contribution in [2.45, 2.75) is 19.1 Å². The molecule has 112 valence electrons. The number of carboxylic acids is 1. The lowest BCUT2D eigenvalue weighted by atomic mass is 10.2. The van der Waals surface area contributed by atoms with Gasteiger partial charge in [-0.25, -0.2) is 9.48 Å². The summed E-state index contributed by atoms with van der Waals surface area (Å²) < 4.78 is 36.7. The van der Waals surface area contributed by atoms with Crippen LogP contribution in [0.1, 0.15) is 16.2 Å². The topological polar surface area (TPSA) is 123 Å². The molecule has 20 heavy (non-hydrogen) atoms. The summed E-state index contributed by atoms with van der Waals surface area (Å²) in [7, 11) is 0. The average Bonchev–Trinajstić information content (AvgIpc) is 2.70. The van der Waals surface area contributed by atoms with Crippen molar-refractivity contribution < 1.29 is 27.9 Å². The Hall–Kier alpha value is -2.17. The van der Waals surface area contributed by atoms with Crippen molar-refractivity contribution in [3.63, 3.8) is 0 Å². The fourth-order valence-electron chi connectivity index (χ4n) is 1.40. The van der Waals surface area contributed by atoms with Gasteiger partial charge < -0.3 is 16.2 Å². The number of amides is 1. The maximum atomic E-state index is 11.9. The van der Waals surface area contributed by atoms with E-state index in [0.29, 0.717) is 0 Å². The zero-order chi connectivity index (χ0) is 15.3. The molecule has 0 atom stereocenters. The average molecular weight is 295 g/mol. The minimum absolute atomic E-state index is 0.0812. The largest absolute Gasteiger partial charge is 0.476 e. The van der Waals surface area contributed by atoms with E-state index in [2.05, 4.69) is 10.3 Å². The fraction of sp³-hybridized carbons (Fsp3) is 0.556. The van der Waals surface area contributed by atoms with Crippen LogP contribution in [0.2, 0.25) is 0 Å². The second-order valence-corrected chi connectivity index (χ2v) is 3.78. The molecule has 0 aromatic carbocycles. The highest BCUT2D eigenvalue weighted by Gasteiger charge is 2.28. The third kappa shape index (κ3) is 4.50. The SMILES string of the molecule is NCCc1c(C(=O)O)nnn1CC(=O)NCC(F)(F)F. The zero-order valence-electron chi connectivity index (χ0n) is 10.1. The summed E-state index contributed by atoms with van der Waals surface area (Å²) in [4.78, 5) is 22.2. The fourth-order valence-corrected chi connectivity index (χ4v) is 1.40. The molecule has 0 spiro atoms. The quantitative estimate of drug-likeness (QED) is 0.628. The molecule has 1 heterocycles. The molecule has 0 saturated heterocycles. The molecule has 0 bridgehead atoms. The maximum absolute atomic E-state index is 11.9. The van der Waals surface area contributed by atoms with E-state index in [1.807, 2.05) is 0 Å². The molecule has 0 unspecified atom stereocenters. The minimum atomic E-state index is -4.52. The van der Waals surface area contributed by atoms with E-state index in [-0.39, 0.29) is 24.4 Å². The normalized spacial score (nSPS) is 11.4. The van der Waals surface area contributed by atoms with Crippen LogP contribution in [0.15, 0.2) is 0 Å². The van der Waals surface area contributed by atoms with Crippen LogP contribution in [0.5, 0.6) is 0 Å². The van der Waals surface area contributed by atoms with E-state index in [4.69, 9.17) is 10.8 Å². The van der Waals surface area contributed by atoms with Gasteiger partial charge in [0.2, 0.25) is 5.91 Å². The van der Waals surface area contributed by atoms with Crippen molar-refractivity contribution in [2.24, 2.45) is 5.73 Å². The molecule has 0 aliphatic rings. The van der Waals surface area contributed by atoms with Gasteiger partial charge in [0.05, 0.1) is 5.69 Å². The van der Waals surface area contributed by atoms with Gasteiger partial charge in [0.15, 0.2) is 5.69 Å². The Labute approximate surface area is 110 Å². The van der Waals surface area contributed by atoms with E-state index < -0.39 is 31.1 Å². The van der Waals surface area contributed by atoms with Gasteiger partial charge in [-0.05, 0) is 6.54 Å². The van der Waals surface area contributed by atoms with Crippen molar-refractivity contribution in [3.8, 4) is 0 Å². The first-order valence-electron chi connectivity index (χ1n) is 5.43. The van der Waals surface area contributed by atoms with E-state index in [1.165, 1.54) is 0 Å². The molecule has 1 aromatic heterocycles. The first-order chi connectivity index (χ1) is 9.24. The maximum Gasteiger partial charge on any atom is 0.405 e. The predicted molar refractivity (Wildman–Crippen MR) is 58.8 cm³/mol. The summed E-state index contributed by atoms with van der Waals surface area (Å²) in [6.07, 6.45) is -4.44. The molecule has 0 fully saturated rings. The summed E-state index contributed by atoms with van der Waals surface area (Å²) >= 11 is 0. The lowest BCUT2D eigenvalue weighted by molar-refractivity contribution is -0.138. The molecule has 0 aliphatic carbocycles. The van der Waals surface area contributed by atoms with Gasteiger partial charge in [-0.1, -0.05) is 5.21 Å². The van der Waals surface area contributed by atoms with Gasteiger partial charge in [-0.15, -0.1) is 5.10 Å². The number of aromatic carboxylic acids is 1. The summed E-state index contributed by atoms with van der Waals surface area (Å²) in [6.45, 7) is -1.96. The third-order valence-corrected chi connectivity index (χ3v) is 2.20. The van der Waals surface area contributed by atoms with Gasteiger partial charge in [-0.3, -0.25) is 4.79 Å². The number of rotatable bonds is 6. The number of halogens is 3. The Balaban J connectivity index is 2.77. The van der Waals surface area contributed by atoms with Crippen LogP contribution < -0.4 is 11.1 Å². The van der Waals surface area contributed by atoms with Gasteiger partial charge in [0.25, 0.3) is 0 Å². The molecule has 0 aliphatic heterocycles. The van der Waals surface area contributed by atoms with E-state index in [0.717, 1.165) is 4.68 Å². The number of carbonyl (C=O) groups is 2. The van der Waals surface area contributed by atoms with Gasteiger partial charge in [-0.2, -0.15) is 13.2 Å². The van der Waals surface area contributed by atoms with E-state index in [9.17, 15) is 22.8 Å². The monoisotopic (exact) mass is 295 g/mol. The Bertz CT molecular complexity index is 500. The van der Waals surface area contributed by atoms with Crippen LogP contribution >= 0.6 is 0 Å². The first kappa shape index (κ1) is 15.9. The van der Waals surface area contributed by atoms with E-state index in [1.54, 1.807) is 5.32 Å². The molecule has 0 radical (unpaired) electrons. The summed E-state index contributed by atoms with van der Waals surface area (Å²) in [5.74, 6) is -2.31. The summed E-state index contributed by atoms with van der Waals surface area (Å²) in [6, 6.07) is 0. The van der Waals surface area contributed by atoms with Crippen LogP contribution in [0, 0.1) is 0 Å². The van der Waals surface area contributed by atoms with Gasteiger partial charge in [0, 0.05) is 6.42 Å². The molecular formula is C9H12F3N5O3. The molecule has 4 N–H and O–H groups in total. The predicted octanol–water partition coefficient (Wildman–Crippen LogP) is -0.844. The minimum Gasteiger partial charge on any atom is -0.476 e. The molecule has 11 heteroatoms. The number of nitrogens with two attached hydrogens (primary N) is 1. The lowest BCUT2D eigenvalue weighted by Crippen LogP contribution is -2.36. The number of carbonyl (C=O) groups excluding carboxylic acids is 1. The smallest absolute Gasteiger partial charge is 0.405 e. The van der Waals surface area contributed by atoms with Gasteiger partial charge in [0.1, 0.15) is 13.1 Å². The van der Waals surface area contributed by atoms with Gasteiger partial charge >= 0.3 is 12.1 Å². The van der Waals surface area contributed by atoms with Crippen molar-refractivity contribution in [1.29, 1.82) is 0 Å². The van der Waals surface area contributed by atoms with Crippen LogP contribution in [0.4, 0.5) is 13.2 Å². The Morgan fingerprint density at radius 3 is 2.55 bits per heavy atom. The van der Waals surface area contributed by atoms with Crippen molar-refractivity contribution >= 4 is 11.9 Å². The molecule has 0 saturated carbocycles. The summed E-state index contributed by atoms with van der Waals surface area (Å²) in [5.41, 5.74) is 5.00. The summed E-state index contributed by atoms with van der Waals surface area (Å²) in [5, 5.41) is 17.3. The van der Waals surface area contributed by atoms with Crippen LogP contribution in [-0.4, -0.2) is 51.2 Å². The van der Waals surface area contributed by atoms with Crippen molar-refractivity contribution in [1.82, 2.24) is 20.3 Å². The zero-order valence-corrected chi connectivity index (χ0v) is 10.1. The highest BCUT2D eigenvalue weighted by molar-refractivity contribution is 5.86. The van der Waals surface area contributed by atoms with Crippen LogP contribution in [0.25, 0.3) is 0 Å². The Morgan fingerprint density at radius 1 is 1.40 bits per heavy atom. The number of aromatic nitrogens is 3. The highest BCUT2D eigenvalue weighted by Crippen LogP contribution is 2.12. The second-order valence-electron chi connectivity index (χ2n) is 3.78. The second kappa shape index (κ2) is 6.32. The van der Waals surface area contributed by atoms with Crippen LogP contribution in [0.3, 0.4) is 0 Å². The number of nitrogens with zero attached hydrogens (tertiary/aromatic N) is 3. The number of hydrogen-bond donors (Lipinski definition) is 3. The van der Waals surface area contributed by atoms with Crippen molar-refractivity contribution in [2.75, 3.05) is 13.1 Å². The highest BCUT2D eigenvalue weighted by atomic mass is 19.4. The Kier molecular flexibility index (Phi) is 5.02. The number of carboxylic acid groups (broad SMARTS) is 1. The number of alkyl halides is 3. The van der Waals surface area contributed by atoms with E-state index >= 15 is 0 Å². The lowest BCUT2D eigenvalue weighted by Gasteiger charge is -2.09. The van der Waals surface area contributed by atoms with Crippen LogP contribution in [-0.2, 0) is 17.8 Å². The molecule has 1 aromatic rings. The number of nitrogens with one attached hydrogen (secondary N) is 1. The molecule has 1 amide bonds. The standard InChI is InChI=1S/C9H12F3N5O3/c10-9(11,12)4-14-6(18)3-17-5(1-2-13)7(8(19)20)15-16-17/h1-4,13H2,(H,14,18)(H,19,20). The third-order valence-electron chi connectivity index (χ3n) is 2.20.